The van der Waals surface area contributed by atoms with E-state index in [-0.39, 0.29) is 6.61 Å². The molecular formula is C17H29NO. The van der Waals surface area contributed by atoms with Gasteiger partial charge in [0.25, 0.3) is 0 Å². The lowest BCUT2D eigenvalue weighted by Gasteiger charge is -2.33. The van der Waals surface area contributed by atoms with E-state index in [1.54, 1.807) is 5.57 Å². The van der Waals surface area contributed by atoms with Crippen molar-refractivity contribution in [2.24, 2.45) is 16.3 Å². The Morgan fingerprint density at radius 2 is 2.16 bits per heavy atom. The number of hydrogen-bond donors (Lipinski definition) is 1. The molecule has 0 saturated carbocycles. The average Bonchev–Trinajstić information content (AvgIpc) is 2.33. The third kappa shape index (κ3) is 5.32. The smallest absolute Gasteiger partial charge is 0.0626 e. The molecule has 1 N–H and O–H groups in total. The fraction of sp³-hybridized carbons (Fsp3) is 0.706. The van der Waals surface area contributed by atoms with Crippen LogP contribution in [0.15, 0.2) is 28.3 Å². The van der Waals surface area contributed by atoms with E-state index in [1.165, 1.54) is 24.8 Å². The van der Waals surface area contributed by atoms with E-state index in [4.69, 9.17) is 5.11 Å². The largest absolute Gasteiger partial charge is 0.394 e. The van der Waals surface area contributed by atoms with Gasteiger partial charge in [0, 0.05) is 0 Å². The molecule has 0 fully saturated rings. The molecule has 1 atom stereocenters. The highest BCUT2D eigenvalue weighted by molar-refractivity contribution is 5.57. The van der Waals surface area contributed by atoms with Crippen LogP contribution < -0.4 is 0 Å². The fourth-order valence-corrected chi connectivity index (χ4v) is 2.74. The van der Waals surface area contributed by atoms with Gasteiger partial charge in [0.05, 0.1) is 13.2 Å². The highest BCUT2D eigenvalue weighted by Gasteiger charge is 2.26. The molecule has 1 aliphatic carbocycles. The molecule has 0 aromatic heterocycles. The Labute approximate surface area is 118 Å². The van der Waals surface area contributed by atoms with Gasteiger partial charge < -0.3 is 5.11 Å². The minimum Gasteiger partial charge on any atom is -0.394 e. The summed E-state index contributed by atoms with van der Waals surface area (Å²) in [6.45, 7) is 9.85. The summed E-state index contributed by atoms with van der Waals surface area (Å²) in [6.07, 6.45) is 11.4. The van der Waals surface area contributed by atoms with Gasteiger partial charge in [0.2, 0.25) is 0 Å². The monoisotopic (exact) mass is 263 g/mol. The maximum absolute atomic E-state index is 8.66. The highest BCUT2D eigenvalue weighted by atomic mass is 16.3. The Kier molecular flexibility index (Phi) is 6.50. The first-order valence-electron chi connectivity index (χ1n) is 7.45. The number of hydrogen-bond acceptors (Lipinski definition) is 2. The van der Waals surface area contributed by atoms with Crippen LogP contribution in [0, 0.1) is 11.3 Å². The van der Waals surface area contributed by atoms with Crippen LogP contribution in [0.4, 0.5) is 0 Å². The lowest BCUT2D eigenvalue weighted by molar-refractivity contribution is 0.307. The van der Waals surface area contributed by atoms with Gasteiger partial charge in [-0.05, 0) is 55.7 Å². The molecule has 0 radical (unpaired) electrons. The number of aliphatic hydroxyl groups excluding tert-OH is 1. The fourth-order valence-electron chi connectivity index (χ4n) is 2.74. The molecule has 1 aliphatic rings. The van der Waals surface area contributed by atoms with E-state index >= 15 is 0 Å². The number of aliphatic hydroxyl groups is 1. The van der Waals surface area contributed by atoms with Crippen molar-refractivity contribution in [1.82, 2.24) is 0 Å². The van der Waals surface area contributed by atoms with Crippen LogP contribution in [0.3, 0.4) is 0 Å². The van der Waals surface area contributed by atoms with Gasteiger partial charge in [-0.25, -0.2) is 0 Å². The van der Waals surface area contributed by atoms with Gasteiger partial charge in [0.1, 0.15) is 0 Å². The second-order valence-electron chi connectivity index (χ2n) is 6.32. The molecule has 0 aromatic rings. The first-order valence-corrected chi connectivity index (χ1v) is 7.45. The molecule has 1 unspecified atom stereocenters. The van der Waals surface area contributed by atoms with Gasteiger partial charge in [-0.3, -0.25) is 4.99 Å². The second kappa shape index (κ2) is 7.64. The molecule has 2 heteroatoms. The van der Waals surface area contributed by atoms with Crippen LogP contribution in [-0.2, 0) is 0 Å². The number of allylic oxidation sites excluding steroid dienone is 4. The molecule has 0 aliphatic heterocycles. The van der Waals surface area contributed by atoms with Gasteiger partial charge in [0.15, 0.2) is 0 Å². The summed E-state index contributed by atoms with van der Waals surface area (Å²) in [6, 6.07) is 0. The number of rotatable bonds is 6. The average molecular weight is 263 g/mol. The van der Waals surface area contributed by atoms with Crippen LogP contribution in [0.5, 0.6) is 0 Å². The van der Waals surface area contributed by atoms with Crippen molar-refractivity contribution in [2.45, 2.75) is 53.4 Å². The lowest BCUT2D eigenvalue weighted by atomic mass is 9.72. The van der Waals surface area contributed by atoms with Gasteiger partial charge in [-0.2, -0.15) is 0 Å². The predicted octanol–water partition coefficient (Wildman–Crippen LogP) is 4.16. The second-order valence-corrected chi connectivity index (χ2v) is 6.32. The third-order valence-corrected chi connectivity index (χ3v) is 3.97. The topological polar surface area (TPSA) is 32.6 Å². The normalized spacial score (nSPS) is 21.5. The maximum Gasteiger partial charge on any atom is 0.0626 e. The zero-order valence-corrected chi connectivity index (χ0v) is 12.9. The summed E-state index contributed by atoms with van der Waals surface area (Å²) in [5.74, 6) is 0.500. The van der Waals surface area contributed by atoms with Crippen LogP contribution in [0.2, 0.25) is 0 Å². The molecule has 19 heavy (non-hydrogen) atoms. The molecule has 2 nitrogen and oxygen atoms in total. The molecule has 0 amide bonds. The standard InChI is InChI=1S/C17H29NO/c1-14(9-11-18-12-13-19)7-8-16-15(2)6-5-10-17(16,3)4/h7-8,11,14,19H,5-6,9-10,12-13H2,1-4H3/b8-7+,18-11?. The molecule has 0 bridgehead atoms. The molecular weight excluding hydrogens is 234 g/mol. The highest BCUT2D eigenvalue weighted by Crippen LogP contribution is 2.40. The first kappa shape index (κ1) is 16.2. The quantitative estimate of drug-likeness (QED) is 0.717. The van der Waals surface area contributed by atoms with Crippen molar-refractivity contribution in [1.29, 1.82) is 0 Å². The molecule has 1 rings (SSSR count). The third-order valence-electron chi connectivity index (χ3n) is 3.97. The van der Waals surface area contributed by atoms with Crippen molar-refractivity contribution in [3.05, 3.63) is 23.3 Å². The van der Waals surface area contributed by atoms with Crippen LogP contribution in [-0.4, -0.2) is 24.5 Å². The summed E-state index contributed by atoms with van der Waals surface area (Å²) < 4.78 is 0. The Balaban J connectivity index is 2.59. The Hall–Kier alpha value is -0.890. The Bertz CT molecular complexity index is 363. The zero-order chi connectivity index (χ0) is 14.3. The Morgan fingerprint density at radius 1 is 1.42 bits per heavy atom. The minimum absolute atomic E-state index is 0.140. The van der Waals surface area contributed by atoms with E-state index in [1.807, 2.05) is 6.21 Å². The summed E-state index contributed by atoms with van der Waals surface area (Å²) in [7, 11) is 0. The van der Waals surface area contributed by atoms with Crippen molar-refractivity contribution >= 4 is 6.21 Å². The number of aliphatic imine (C=N–C) groups is 1. The van der Waals surface area contributed by atoms with Crippen molar-refractivity contribution in [3.8, 4) is 0 Å². The predicted molar refractivity (Wildman–Crippen MR) is 83.7 cm³/mol. The van der Waals surface area contributed by atoms with Crippen molar-refractivity contribution in [3.63, 3.8) is 0 Å². The minimum atomic E-state index is 0.140. The van der Waals surface area contributed by atoms with Crippen molar-refractivity contribution < 1.29 is 5.11 Å². The van der Waals surface area contributed by atoms with E-state index < -0.39 is 0 Å². The van der Waals surface area contributed by atoms with Crippen LogP contribution in [0.25, 0.3) is 0 Å². The van der Waals surface area contributed by atoms with Gasteiger partial charge in [-0.1, -0.05) is 38.5 Å². The lowest BCUT2D eigenvalue weighted by Crippen LogP contribution is -2.19. The summed E-state index contributed by atoms with van der Waals surface area (Å²) >= 11 is 0. The van der Waals surface area contributed by atoms with E-state index in [9.17, 15) is 0 Å². The summed E-state index contributed by atoms with van der Waals surface area (Å²) in [4.78, 5) is 4.15. The first-order chi connectivity index (χ1) is 8.97. The molecule has 108 valence electrons. The van der Waals surface area contributed by atoms with Gasteiger partial charge >= 0.3 is 0 Å². The van der Waals surface area contributed by atoms with E-state index in [0.29, 0.717) is 17.9 Å². The molecule has 0 aromatic carbocycles. The molecule has 0 spiro atoms. The van der Waals surface area contributed by atoms with Gasteiger partial charge in [-0.15, -0.1) is 0 Å². The van der Waals surface area contributed by atoms with E-state index in [0.717, 1.165) is 6.42 Å². The van der Waals surface area contributed by atoms with Crippen LogP contribution in [0.1, 0.15) is 53.4 Å². The van der Waals surface area contributed by atoms with Crippen LogP contribution >= 0.6 is 0 Å². The zero-order valence-electron chi connectivity index (χ0n) is 12.9. The number of nitrogens with zero attached hydrogens (tertiary/aromatic N) is 1. The van der Waals surface area contributed by atoms with Crippen molar-refractivity contribution in [2.75, 3.05) is 13.2 Å². The maximum atomic E-state index is 8.66. The van der Waals surface area contributed by atoms with E-state index in [2.05, 4.69) is 44.8 Å². The summed E-state index contributed by atoms with van der Waals surface area (Å²) in [5, 5.41) is 8.66. The molecule has 0 heterocycles. The SMILES string of the molecule is CC1=C(/C=C/C(C)CC=NCCO)C(C)(C)CCC1. The summed E-state index contributed by atoms with van der Waals surface area (Å²) in [5.41, 5.74) is 3.40. The Morgan fingerprint density at radius 3 is 2.79 bits per heavy atom. The molecule has 0 saturated heterocycles.